The second-order valence-corrected chi connectivity index (χ2v) is 5.43. The first-order chi connectivity index (χ1) is 8.99. The minimum Gasteiger partial charge on any atom is -0.347 e. The number of amides is 1. The first kappa shape index (κ1) is 15.7. The fraction of sp³-hybridized carbons (Fsp3) is 0.562. The Balaban J connectivity index is 2.60. The molecule has 3 heteroatoms. The zero-order valence-corrected chi connectivity index (χ0v) is 12.5. The van der Waals surface area contributed by atoms with Crippen LogP contribution in [0.25, 0.3) is 0 Å². The summed E-state index contributed by atoms with van der Waals surface area (Å²) in [7, 11) is 1.90. The normalized spacial score (nSPS) is 11.4. The molecule has 0 saturated carbocycles. The van der Waals surface area contributed by atoms with E-state index < -0.39 is 0 Å². The van der Waals surface area contributed by atoms with Gasteiger partial charge in [0.05, 0.1) is 5.54 Å². The molecule has 1 amide bonds. The third-order valence-corrected chi connectivity index (χ3v) is 3.37. The molecule has 0 saturated heterocycles. The third kappa shape index (κ3) is 5.03. The Labute approximate surface area is 116 Å². The van der Waals surface area contributed by atoms with Crippen molar-refractivity contribution in [3.05, 3.63) is 35.4 Å². The zero-order valence-electron chi connectivity index (χ0n) is 12.5. The SMILES string of the molecule is CCc1ccc(C(C)(C)NC(=O)CCCNC)cc1. The molecular formula is C16H26N2O. The first-order valence-corrected chi connectivity index (χ1v) is 7.04. The van der Waals surface area contributed by atoms with Crippen LogP contribution in [0.4, 0.5) is 0 Å². The number of carbonyl (C=O) groups excluding carboxylic acids is 1. The quantitative estimate of drug-likeness (QED) is 0.742. The van der Waals surface area contributed by atoms with Crippen molar-refractivity contribution < 1.29 is 4.79 Å². The van der Waals surface area contributed by atoms with E-state index >= 15 is 0 Å². The van der Waals surface area contributed by atoms with Gasteiger partial charge in [0.25, 0.3) is 0 Å². The van der Waals surface area contributed by atoms with Crippen LogP contribution in [0.15, 0.2) is 24.3 Å². The van der Waals surface area contributed by atoms with E-state index in [0.29, 0.717) is 6.42 Å². The van der Waals surface area contributed by atoms with Gasteiger partial charge in [-0.15, -0.1) is 0 Å². The summed E-state index contributed by atoms with van der Waals surface area (Å²) in [6, 6.07) is 8.47. The summed E-state index contributed by atoms with van der Waals surface area (Å²) < 4.78 is 0. The monoisotopic (exact) mass is 262 g/mol. The van der Waals surface area contributed by atoms with E-state index in [2.05, 4.69) is 41.8 Å². The van der Waals surface area contributed by atoms with Crippen LogP contribution in [0, 0.1) is 0 Å². The number of carbonyl (C=O) groups is 1. The van der Waals surface area contributed by atoms with Crippen molar-refractivity contribution in [3.8, 4) is 0 Å². The number of hydrogen-bond donors (Lipinski definition) is 2. The maximum Gasteiger partial charge on any atom is 0.220 e. The highest BCUT2D eigenvalue weighted by molar-refractivity contribution is 5.76. The molecular weight excluding hydrogens is 236 g/mol. The van der Waals surface area contributed by atoms with Crippen LogP contribution < -0.4 is 10.6 Å². The highest BCUT2D eigenvalue weighted by Crippen LogP contribution is 2.20. The van der Waals surface area contributed by atoms with Crippen molar-refractivity contribution in [1.29, 1.82) is 0 Å². The van der Waals surface area contributed by atoms with Crippen molar-refractivity contribution in [3.63, 3.8) is 0 Å². The summed E-state index contributed by atoms with van der Waals surface area (Å²) in [6.45, 7) is 7.11. The number of benzene rings is 1. The standard InChI is InChI=1S/C16H26N2O/c1-5-13-8-10-14(11-9-13)16(2,3)18-15(19)7-6-12-17-4/h8-11,17H,5-7,12H2,1-4H3,(H,18,19). The van der Waals surface area contributed by atoms with Crippen molar-refractivity contribution >= 4 is 5.91 Å². The van der Waals surface area contributed by atoms with Crippen LogP contribution in [0.1, 0.15) is 44.7 Å². The maximum absolute atomic E-state index is 11.9. The second-order valence-electron chi connectivity index (χ2n) is 5.43. The molecule has 0 atom stereocenters. The molecule has 1 aromatic rings. The number of rotatable bonds is 7. The van der Waals surface area contributed by atoms with Crippen LogP contribution in [0.3, 0.4) is 0 Å². The van der Waals surface area contributed by atoms with Gasteiger partial charge in [0.2, 0.25) is 5.91 Å². The molecule has 2 N–H and O–H groups in total. The molecule has 106 valence electrons. The molecule has 0 aliphatic heterocycles. The first-order valence-electron chi connectivity index (χ1n) is 7.04. The van der Waals surface area contributed by atoms with Crippen molar-refractivity contribution in [2.45, 2.75) is 45.6 Å². The zero-order chi connectivity index (χ0) is 14.3. The van der Waals surface area contributed by atoms with Crippen LogP contribution in [-0.2, 0) is 16.8 Å². The fourth-order valence-corrected chi connectivity index (χ4v) is 2.07. The molecule has 0 unspecified atom stereocenters. The average Bonchev–Trinajstić information content (AvgIpc) is 2.38. The second kappa shape index (κ2) is 7.29. The minimum atomic E-state index is -0.316. The number of nitrogens with one attached hydrogen (secondary N) is 2. The molecule has 0 fully saturated rings. The maximum atomic E-state index is 11.9. The van der Waals surface area contributed by atoms with E-state index in [1.807, 2.05) is 20.9 Å². The van der Waals surface area contributed by atoms with E-state index in [0.717, 1.165) is 24.9 Å². The van der Waals surface area contributed by atoms with Gasteiger partial charge in [0.1, 0.15) is 0 Å². The lowest BCUT2D eigenvalue weighted by molar-refractivity contribution is -0.122. The van der Waals surface area contributed by atoms with Gasteiger partial charge in [-0.25, -0.2) is 0 Å². The largest absolute Gasteiger partial charge is 0.347 e. The van der Waals surface area contributed by atoms with Gasteiger partial charge in [-0.2, -0.15) is 0 Å². The lowest BCUT2D eigenvalue weighted by Gasteiger charge is -2.27. The molecule has 1 rings (SSSR count). The van der Waals surface area contributed by atoms with Crippen molar-refractivity contribution in [1.82, 2.24) is 10.6 Å². The number of aryl methyl sites for hydroxylation is 1. The molecule has 0 bridgehead atoms. The van der Waals surface area contributed by atoms with E-state index in [1.165, 1.54) is 5.56 Å². The Morgan fingerprint density at radius 1 is 1.21 bits per heavy atom. The molecule has 0 radical (unpaired) electrons. The highest BCUT2D eigenvalue weighted by atomic mass is 16.1. The van der Waals surface area contributed by atoms with E-state index in [1.54, 1.807) is 0 Å². The van der Waals surface area contributed by atoms with Gasteiger partial charge in [0, 0.05) is 6.42 Å². The fourth-order valence-electron chi connectivity index (χ4n) is 2.07. The molecule has 19 heavy (non-hydrogen) atoms. The smallest absolute Gasteiger partial charge is 0.220 e. The summed E-state index contributed by atoms with van der Waals surface area (Å²) in [5.74, 6) is 0.111. The third-order valence-electron chi connectivity index (χ3n) is 3.37. The average molecular weight is 262 g/mol. The topological polar surface area (TPSA) is 41.1 Å². The molecule has 0 aliphatic rings. The summed E-state index contributed by atoms with van der Waals surface area (Å²) in [4.78, 5) is 11.9. The van der Waals surface area contributed by atoms with Crippen LogP contribution in [-0.4, -0.2) is 19.5 Å². The van der Waals surface area contributed by atoms with Gasteiger partial charge >= 0.3 is 0 Å². The lowest BCUT2D eigenvalue weighted by Crippen LogP contribution is -2.41. The summed E-state index contributed by atoms with van der Waals surface area (Å²) >= 11 is 0. The summed E-state index contributed by atoms with van der Waals surface area (Å²) in [5.41, 5.74) is 2.15. The Bertz CT molecular complexity index is 396. The minimum absolute atomic E-state index is 0.111. The molecule has 0 aliphatic carbocycles. The molecule has 0 aromatic heterocycles. The molecule has 3 nitrogen and oxygen atoms in total. The summed E-state index contributed by atoms with van der Waals surface area (Å²) in [6.07, 6.45) is 2.47. The highest BCUT2D eigenvalue weighted by Gasteiger charge is 2.22. The predicted molar refractivity (Wildman–Crippen MR) is 80.1 cm³/mol. The van der Waals surface area contributed by atoms with Gasteiger partial charge in [0.15, 0.2) is 0 Å². The molecule has 0 spiro atoms. The van der Waals surface area contributed by atoms with Gasteiger partial charge in [-0.05, 0) is 51.4 Å². The Hall–Kier alpha value is -1.35. The lowest BCUT2D eigenvalue weighted by atomic mass is 9.93. The van der Waals surface area contributed by atoms with Gasteiger partial charge in [-0.3, -0.25) is 4.79 Å². The van der Waals surface area contributed by atoms with Crippen LogP contribution in [0.5, 0.6) is 0 Å². The Morgan fingerprint density at radius 2 is 1.84 bits per heavy atom. The van der Waals surface area contributed by atoms with E-state index in [9.17, 15) is 4.79 Å². The summed E-state index contributed by atoms with van der Waals surface area (Å²) in [5, 5.41) is 6.15. The van der Waals surface area contributed by atoms with Gasteiger partial charge in [-0.1, -0.05) is 31.2 Å². The Morgan fingerprint density at radius 3 is 2.37 bits per heavy atom. The predicted octanol–water partition coefficient (Wildman–Crippen LogP) is 2.60. The molecule has 1 aromatic carbocycles. The van der Waals surface area contributed by atoms with Crippen molar-refractivity contribution in [2.24, 2.45) is 0 Å². The van der Waals surface area contributed by atoms with Crippen LogP contribution >= 0.6 is 0 Å². The number of hydrogen-bond acceptors (Lipinski definition) is 2. The van der Waals surface area contributed by atoms with E-state index in [-0.39, 0.29) is 11.4 Å². The Kier molecular flexibility index (Phi) is 6.03. The van der Waals surface area contributed by atoms with E-state index in [4.69, 9.17) is 0 Å². The molecule has 0 heterocycles. The van der Waals surface area contributed by atoms with Crippen LogP contribution in [0.2, 0.25) is 0 Å². The van der Waals surface area contributed by atoms with Crippen molar-refractivity contribution in [2.75, 3.05) is 13.6 Å². The van der Waals surface area contributed by atoms with Gasteiger partial charge < -0.3 is 10.6 Å².